The Balaban J connectivity index is 1.55. The van der Waals surface area contributed by atoms with Crippen molar-refractivity contribution in [2.24, 2.45) is 17.8 Å². The average molecular weight is 651 g/mol. The summed E-state index contributed by atoms with van der Waals surface area (Å²) in [5.74, 6) is -0.306. The number of amides is 1. The van der Waals surface area contributed by atoms with E-state index in [0.29, 0.717) is 37.0 Å². The van der Waals surface area contributed by atoms with Crippen LogP contribution in [0.4, 0.5) is 5.69 Å². The number of esters is 1. The van der Waals surface area contributed by atoms with Gasteiger partial charge in [0.05, 0.1) is 31.9 Å². The lowest BCUT2D eigenvalue weighted by Gasteiger charge is -2.45. The number of hydrogen-bond donors (Lipinski definition) is 2. The minimum atomic E-state index is -2.21. The van der Waals surface area contributed by atoms with Crippen molar-refractivity contribution < 1.29 is 29.3 Å². The van der Waals surface area contributed by atoms with Gasteiger partial charge in [-0.15, -0.1) is 13.2 Å². The number of rotatable bonds is 11. The molecule has 2 aromatic rings. The van der Waals surface area contributed by atoms with Crippen LogP contribution in [0, 0.1) is 17.8 Å². The normalized spacial score (nSPS) is 24.5. The summed E-state index contributed by atoms with van der Waals surface area (Å²) in [7, 11) is 2.85. The summed E-state index contributed by atoms with van der Waals surface area (Å²) < 4.78 is 11.7. The van der Waals surface area contributed by atoms with Crippen molar-refractivity contribution in [3.05, 3.63) is 83.4 Å². The molecule has 5 rings (SSSR count). The second-order valence-corrected chi connectivity index (χ2v) is 14.0. The third-order valence-electron chi connectivity index (χ3n) is 10.4. The van der Waals surface area contributed by atoms with Gasteiger partial charge in [-0.1, -0.05) is 42.8 Å². The van der Waals surface area contributed by atoms with E-state index in [1.807, 2.05) is 13.0 Å². The van der Waals surface area contributed by atoms with Gasteiger partial charge in [-0.25, -0.2) is 4.79 Å². The van der Waals surface area contributed by atoms with Crippen LogP contribution in [0.15, 0.2) is 61.7 Å². The molecule has 1 aliphatic heterocycles. The highest BCUT2D eigenvalue weighted by Crippen LogP contribution is 2.47. The number of anilines is 1. The molecule has 46 heavy (non-hydrogen) atoms. The predicted molar refractivity (Wildman–Crippen MR) is 180 cm³/mol. The van der Waals surface area contributed by atoms with E-state index in [1.165, 1.54) is 23.1 Å². The van der Waals surface area contributed by atoms with Crippen LogP contribution in [-0.2, 0) is 31.8 Å². The number of carbonyl (C=O) groups is 2. The fourth-order valence-corrected chi connectivity index (χ4v) is 7.72. The Bertz CT molecular complexity index is 1480. The van der Waals surface area contributed by atoms with Gasteiger partial charge in [-0.05, 0) is 90.8 Å². The van der Waals surface area contributed by atoms with Gasteiger partial charge in [0.1, 0.15) is 5.75 Å². The molecule has 2 aliphatic carbocycles. The van der Waals surface area contributed by atoms with E-state index in [9.17, 15) is 19.8 Å². The van der Waals surface area contributed by atoms with Crippen molar-refractivity contribution in [1.29, 1.82) is 0 Å². The van der Waals surface area contributed by atoms with Crippen molar-refractivity contribution in [3.8, 4) is 5.75 Å². The van der Waals surface area contributed by atoms with Crippen molar-refractivity contribution in [1.82, 2.24) is 4.90 Å². The highest BCUT2D eigenvalue weighted by atomic mass is 35.5. The molecule has 0 bridgehead atoms. The molecule has 248 valence electrons. The maximum atomic E-state index is 13.3. The Kier molecular flexibility index (Phi) is 10.2. The fourth-order valence-electron chi connectivity index (χ4n) is 7.52. The first-order chi connectivity index (χ1) is 21.9. The number of ether oxygens (including phenoxy) is 2. The van der Waals surface area contributed by atoms with E-state index in [-0.39, 0.29) is 28.7 Å². The lowest BCUT2D eigenvalue weighted by molar-refractivity contribution is -0.168. The zero-order valence-electron chi connectivity index (χ0n) is 27.2. The summed E-state index contributed by atoms with van der Waals surface area (Å²) in [6.45, 7) is 11.7. The molecular formula is C37H47ClN2O6. The van der Waals surface area contributed by atoms with Crippen LogP contribution in [0.25, 0.3) is 0 Å². The molecule has 8 nitrogen and oxygen atoms in total. The molecule has 1 saturated carbocycles. The summed E-state index contributed by atoms with van der Waals surface area (Å²) in [6, 6.07) is 11.3. The molecular weight excluding hydrogens is 604 g/mol. The van der Waals surface area contributed by atoms with Crippen LogP contribution < -0.4 is 9.64 Å². The van der Waals surface area contributed by atoms with Gasteiger partial charge in [0.25, 0.3) is 0 Å². The SMILES string of the molecule is C=CC(C)CN(C)C(=O)C[C@](O)(C(=O)OC)c1ccc2c(c1)N(C[C@@H]1CC[C@H]1C(O)C=C)C[C@@]1(CCCc3cc(Cl)ccc31)CO2. The molecule has 1 fully saturated rings. The summed E-state index contributed by atoms with van der Waals surface area (Å²) in [4.78, 5) is 30.3. The molecule has 1 spiro atoms. The zero-order chi connectivity index (χ0) is 33.2. The molecule has 0 saturated heterocycles. The van der Waals surface area contributed by atoms with Gasteiger partial charge in [-0.2, -0.15) is 0 Å². The van der Waals surface area contributed by atoms with E-state index in [2.05, 4.69) is 30.2 Å². The number of hydrogen-bond acceptors (Lipinski definition) is 7. The van der Waals surface area contributed by atoms with E-state index in [0.717, 1.165) is 37.8 Å². The third-order valence-corrected chi connectivity index (χ3v) is 10.7. The maximum absolute atomic E-state index is 13.3. The maximum Gasteiger partial charge on any atom is 0.343 e. The van der Waals surface area contributed by atoms with Crippen molar-refractivity contribution in [2.45, 2.75) is 62.6 Å². The second-order valence-electron chi connectivity index (χ2n) is 13.5. The molecule has 1 heterocycles. The highest BCUT2D eigenvalue weighted by Gasteiger charge is 2.46. The van der Waals surface area contributed by atoms with Crippen LogP contribution in [-0.4, -0.2) is 73.5 Å². The van der Waals surface area contributed by atoms with Crippen LogP contribution in [0.2, 0.25) is 5.02 Å². The molecule has 0 radical (unpaired) electrons. The number of nitrogens with zero attached hydrogens (tertiary/aromatic N) is 2. The molecule has 2 unspecified atom stereocenters. The number of fused-ring (bicyclic) bond motifs is 3. The molecule has 6 atom stereocenters. The Morgan fingerprint density at radius 3 is 2.70 bits per heavy atom. The van der Waals surface area contributed by atoms with E-state index in [4.69, 9.17) is 21.1 Å². The Labute approximate surface area is 277 Å². The zero-order valence-corrected chi connectivity index (χ0v) is 28.0. The summed E-state index contributed by atoms with van der Waals surface area (Å²) >= 11 is 6.41. The van der Waals surface area contributed by atoms with Gasteiger partial charge in [0.2, 0.25) is 5.91 Å². The largest absolute Gasteiger partial charge is 0.490 e. The standard InChI is InChI=1S/C37H47ClN2O6/c1-6-24(3)20-39(4)34(42)19-37(44,35(43)45-5)27-11-15-33-31(18-27)40(21-26-10-13-29(26)32(41)7-2)22-36(23-46-33)16-8-9-25-17-28(38)12-14-30(25)36/h6-7,11-12,14-15,17-18,24,26,29,32,41,44H,1-2,8-10,13,16,19-23H2,3-5H3/t24?,26-,29+,32?,36-,37+/m0/s1. The number of aliphatic hydroxyl groups excluding tert-OH is 1. The number of aliphatic hydroxyl groups is 2. The van der Waals surface area contributed by atoms with E-state index in [1.54, 1.807) is 37.4 Å². The van der Waals surface area contributed by atoms with Gasteiger partial charge in [0, 0.05) is 37.1 Å². The molecule has 0 aromatic heterocycles. The van der Waals surface area contributed by atoms with Crippen molar-refractivity contribution >= 4 is 29.2 Å². The van der Waals surface area contributed by atoms with Crippen molar-refractivity contribution in [2.75, 3.05) is 45.3 Å². The number of benzene rings is 2. The average Bonchev–Trinajstić information content (AvgIpc) is 3.18. The molecule has 2 N–H and O–H groups in total. The minimum Gasteiger partial charge on any atom is -0.490 e. The van der Waals surface area contributed by atoms with Gasteiger partial charge in [-0.3, -0.25) is 4.79 Å². The second kappa shape index (κ2) is 13.8. The summed E-state index contributed by atoms with van der Waals surface area (Å²) in [6.07, 6.45) is 7.06. The smallest absolute Gasteiger partial charge is 0.343 e. The number of aryl methyl sites for hydroxylation is 1. The molecule has 2 aromatic carbocycles. The molecule has 1 amide bonds. The minimum absolute atomic E-state index is 0.0431. The first-order valence-corrected chi connectivity index (χ1v) is 16.6. The Morgan fingerprint density at radius 2 is 2.02 bits per heavy atom. The monoisotopic (exact) mass is 650 g/mol. The topological polar surface area (TPSA) is 99.5 Å². The fraction of sp³-hybridized carbons (Fsp3) is 0.514. The van der Waals surface area contributed by atoms with Crippen LogP contribution in [0.5, 0.6) is 5.75 Å². The number of methoxy groups -OCH3 is 1. The molecule has 9 heteroatoms. The summed E-state index contributed by atoms with van der Waals surface area (Å²) in [5, 5.41) is 23.3. The first-order valence-electron chi connectivity index (χ1n) is 16.2. The predicted octanol–water partition coefficient (Wildman–Crippen LogP) is 5.42. The Morgan fingerprint density at radius 1 is 1.24 bits per heavy atom. The van der Waals surface area contributed by atoms with E-state index < -0.39 is 30.0 Å². The third kappa shape index (κ3) is 6.57. The van der Waals surface area contributed by atoms with Crippen LogP contribution in [0.1, 0.15) is 55.7 Å². The van der Waals surface area contributed by atoms with Crippen LogP contribution in [0.3, 0.4) is 0 Å². The lowest BCUT2D eigenvalue weighted by Crippen LogP contribution is -2.49. The van der Waals surface area contributed by atoms with E-state index >= 15 is 0 Å². The van der Waals surface area contributed by atoms with Gasteiger partial charge in [0.15, 0.2) is 5.60 Å². The summed E-state index contributed by atoms with van der Waals surface area (Å²) in [5.41, 5.74) is 0.921. The lowest BCUT2D eigenvalue weighted by atomic mass is 9.68. The Hall–Kier alpha value is -3.33. The number of carbonyl (C=O) groups excluding carboxylic acids is 2. The quantitative estimate of drug-likeness (QED) is 0.248. The van der Waals surface area contributed by atoms with Crippen molar-refractivity contribution in [3.63, 3.8) is 0 Å². The highest BCUT2D eigenvalue weighted by molar-refractivity contribution is 6.30. The number of halogens is 1. The van der Waals surface area contributed by atoms with Crippen LogP contribution >= 0.6 is 11.6 Å². The van der Waals surface area contributed by atoms with Gasteiger partial charge >= 0.3 is 5.97 Å². The molecule has 3 aliphatic rings. The first kappa shape index (κ1) is 34.0. The van der Waals surface area contributed by atoms with Gasteiger partial charge < -0.3 is 29.5 Å².